The highest BCUT2D eigenvalue weighted by Gasteiger charge is 2.19. The summed E-state index contributed by atoms with van der Waals surface area (Å²) in [6.45, 7) is 0.115. The average molecular weight is 337 g/mol. The van der Waals surface area contributed by atoms with Gasteiger partial charge in [-0.25, -0.2) is 18.7 Å². The van der Waals surface area contributed by atoms with E-state index in [2.05, 4.69) is 15.0 Å². The normalized spacial score (nSPS) is 11.0. The van der Waals surface area contributed by atoms with Gasteiger partial charge in [-0.3, -0.25) is 4.79 Å². The molecule has 2 heterocycles. The van der Waals surface area contributed by atoms with Crippen LogP contribution in [0.3, 0.4) is 0 Å². The molecule has 0 unspecified atom stereocenters. The molecule has 1 N–H and O–H groups in total. The Balaban J connectivity index is 1.81. The molecule has 5 nitrogen and oxygen atoms in total. The Morgan fingerprint density at radius 1 is 1.35 bits per heavy atom. The highest BCUT2D eigenvalue weighted by atomic mass is 35.5. The maximum absolute atomic E-state index is 13.6. The number of hydrogen-bond donors (Lipinski definition) is 1. The predicted molar refractivity (Wildman–Crippen MR) is 81.1 cm³/mol. The van der Waals surface area contributed by atoms with E-state index in [4.69, 9.17) is 11.6 Å². The molecule has 0 aliphatic rings. The van der Waals surface area contributed by atoms with Gasteiger partial charge in [0.1, 0.15) is 11.6 Å². The standard InChI is InChI=1S/C15H11ClF2N4O/c1-22(15(23)14-10(18)5-9(17)6-19-14)7-13-20-11-3-2-8(16)4-12(11)21-13/h2-6H,7H2,1H3,(H,20,21). The van der Waals surface area contributed by atoms with Gasteiger partial charge in [-0.15, -0.1) is 0 Å². The molecule has 0 spiro atoms. The van der Waals surface area contributed by atoms with Crippen LogP contribution in [0.25, 0.3) is 11.0 Å². The van der Waals surface area contributed by atoms with E-state index >= 15 is 0 Å². The summed E-state index contributed by atoms with van der Waals surface area (Å²) in [5.74, 6) is -1.99. The number of carbonyl (C=O) groups excluding carboxylic acids is 1. The summed E-state index contributed by atoms with van der Waals surface area (Å²) in [5.41, 5.74) is 1.00. The number of nitrogens with zero attached hydrogens (tertiary/aromatic N) is 3. The van der Waals surface area contributed by atoms with Gasteiger partial charge in [-0.05, 0) is 18.2 Å². The highest BCUT2D eigenvalue weighted by Crippen LogP contribution is 2.18. The Kier molecular flexibility index (Phi) is 3.96. The van der Waals surface area contributed by atoms with E-state index < -0.39 is 23.2 Å². The van der Waals surface area contributed by atoms with Gasteiger partial charge < -0.3 is 9.88 Å². The van der Waals surface area contributed by atoms with Gasteiger partial charge in [0.25, 0.3) is 5.91 Å². The van der Waals surface area contributed by atoms with Crippen molar-refractivity contribution in [2.75, 3.05) is 7.05 Å². The van der Waals surface area contributed by atoms with Crippen LogP contribution in [0.15, 0.2) is 30.5 Å². The van der Waals surface area contributed by atoms with Crippen molar-refractivity contribution in [2.24, 2.45) is 0 Å². The molecule has 0 fully saturated rings. The fourth-order valence-corrected chi connectivity index (χ4v) is 2.33. The monoisotopic (exact) mass is 336 g/mol. The van der Waals surface area contributed by atoms with Crippen LogP contribution in [0.5, 0.6) is 0 Å². The van der Waals surface area contributed by atoms with Gasteiger partial charge in [0.2, 0.25) is 0 Å². The molecule has 0 aliphatic heterocycles. The smallest absolute Gasteiger partial charge is 0.275 e. The third-order valence-corrected chi connectivity index (χ3v) is 3.47. The lowest BCUT2D eigenvalue weighted by molar-refractivity contribution is 0.0770. The molecule has 1 amide bonds. The van der Waals surface area contributed by atoms with E-state index in [1.54, 1.807) is 18.2 Å². The number of carbonyl (C=O) groups is 1. The van der Waals surface area contributed by atoms with Gasteiger partial charge in [-0.2, -0.15) is 0 Å². The molecule has 3 rings (SSSR count). The fraction of sp³-hybridized carbons (Fsp3) is 0.133. The lowest BCUT2D eigenvalue weighted by atomic mass is 10.3. The fourth-order valence-electron chi connectivity index (χ4n) is 2.16. The van der Waals surface area contributed by atoms with Gasteiger partial charge >= 0.3 is 0 Å². The quantitative estimate of drug-likeness (QED) is 0.799. The second-order valence-corrected chi connectivity index (χ2v) is 5.43. The Morgan fingerprint density at radius 2 is 2.13 bits per heavy atom. The molecular formula is C15H11ClF2N4O. The third kappa shape index (κ3) is 3.14. The van der Waals surface area contributed by atoms with Crippen molar-refractivity contribution in [3.8, 4) is 0 Å². The zero-order chi connectivity index (χ0) is 16.6. The molecule has 8 heteroatoms. The van der Waals surface area contributed by atoms with E-state index in [9.17, 15) is 13.6 Å². The summed E-state index contributed by atoms with van der Waals surface area (Å²) in [6, 6.07) is 5.80. The van der Waals surface area contributed by atoms with Gasteiger partial charge in [0, 0.05) is 18.1 Å². The van der Waals surface area contributed by atoms with Crippen LogP contribution in [0, 0.1) is 11.6 Å². The largest absolute Gasteiger partial charge is 0.340 e. The van der Waals surface area contributed by atoms with Crippen LogP contribution in [-0.2, 0) is 6.54 Å². The average Bonchev–Trinajstić information content (AvgIpc) is 2.87. The molecule has 0 bridgehead atoms. The number of H-pyrrole nitrogens is 1. The van der Waals surface area contributed by atoms with Crippen LogP contribution in [0.2, 0.25) is 5.02 Å². The number of aromatic amines is 1. The van der Waals surface area contributed by atoms with Crippen LogP contribution >= 0.6 is 11.6 Å². The molecule has 118 valence electrons. The number of rotatable bonds is 3. The van der Waals surface area contributed by atoms with Gasteiger partial charge in [0.05, 0.1) is 23.8 Å². The molecule has 3 aromatic rings. The molecule has 0 saturated heterocycles. The molecule has 0 radical (unpaired) electrons. The number of pyridine rings is 1. The Hall–Kier alpha value is -2.54. The molecule has 23 heavy (non-hydrogen) atoms. The SMILES string of the molecule is CN(Cc1nc2ccc(Cl)cc2[nH]1)C(=O)c1ncc(F)cc1F. The molecule has 0 atom stereocenters. The highest BCUT2D eigenvalue weighted by molar-refractivity contribution is 6.31. The predicted octanol–water partition coefficient (Wildman–Crippen LogP) is 3.16. The lowest BCUT2D eigenvalue weighted by Crippen LogP contribution is -2.28. The molecule has 1 aromatic carbocycles. The number of imidazole rings is 1. The van der Waals surface area contributed by atoms with Gasteiger partial charge in [-0.1, -0.05) is 11.6 Å². The Labute approximate surface area is 134 Å². The zero-order valence-electron chi connectivity index (χ0n) is 12.0. The van der Waals surface area contributed by atoms with E-state index in [1.165, 1.54) is 11.9 Å². The number of amides is 1. The Morgan fingerprint density at radius 3 is 2.87 bits per heavy atom. The minimum absolute atomic E-state index is 0.115. The van der Waals surface area contributed by atoms with Crippen molar-refractivity contribution in [3.05, 3.63) is 58.6 Å². The number of benzene rings is 1. The van der Waals surface area contributed by atoms with E-state index in [0.29, 0.717) is 22.4 Å². The third-order valence-electron chi connectivity index (χ3n) is 3.24. The van der Waals surface area contributed by atoms with E-state index in [-0.39, 0.29) is 6.54 Å². The first-order valence-electron chi connectivity index (χ1n) is 6.64. The maximum Gasteiger partial charge on any atom is 0.275 e. The van der Waals surface area contributed by atoms with Crippen molar-refractivity contribution >= 4 is 28.5 Å². The van der Waals surface area contributed by atoms with Crippen LogP contribution in [0.1, 0.15) is 16.3 Å². The van der Waals surface area contributed by atoms with Crippen molar-refractivity contribution in [1.82, 2.24) is 19.9 Å². The second-order valence-electron chi connectivity index (χ2n) is 4.99. The number of nitrogens with one attached hydrogen (secondary N) is 1. The Bertz CT molecular complexity index is 896. The van der Waals surface area contributed by atoms with Crippen molar-refractivity contribution < 1.29 is 13.6 Å². The van der Waals surface area contributed by atoms with E-state index in [1.807, 2.05) is 0 Å². The summed E-state index contributed by atoms with van der Waals surface area (Å²) in [7, 11) is 1.48. The topological polar surface area (TPSA) is 61.9 Å². The van der Waals surface area contributed by atoms with Crippen LogP contribution in [-0.4, -0.2) is 32.8 Å². The summed E-state index contributed by atoms with van der Waals surface area (Å²) < 4.78 is 26.5. The summed E-state index contributed by atoms with van der Waals surface area (Å²) >= 11 is 5.90. The van der Waals surface area contributed by atoms with Gasteiger partial charge in [0.15, 0.2) is 11.5 Å². The van der Waals surface area contributed by atoms with Crippen LogP contribution < -0.4 is 0 Å². The first kappa shape index (κ1) is 15.4. The van der Waals surface area contributed by atoms with E-state index in [0.717, 1.165) is 11.7 Å². The molecular weight excluding hydrogens is 326 g/mol. The van der Waals surface area contributed by atoms with Crippen molar-refractivity contribution in [3.63, 3.8) is 0 Å². The number of halogens is 3. The number of hydrogen-bond acceptors (Lipinski definition) is 3. The summed E-state index contributed by atoms with van der Waals surface area (Å²) in [6.07, 6.45) is 0.799. The van der Waals surface area contributed by atoms with Crippen LogP contribution in [0.4, 0.5) is 8.78 Å². The van der Waals surface area contributed by atoms with Crippen molar-refractivity contribution in [2.45, 2.75) is 6.54 Å². The molecule has 2 aromatic heterocycles. The number of fused-ring (bicyclic) bond motifs is 1. The first-order chi connectivity index (χ1) is 10.9. The van der Waals surface area contributed by atoms with Crippen molar-refractivity contribution in [1.29, 1.82) is 0 Å². The summed E-state index contributed by atoms with van der Waals surface area (Å²) in [5, 5.41) is 0.565. The molecule has 0 aliphatic carbocycles. The zero-order valence-corrected chi connectivity index (χ0v) is 12.7. The minimum atomic E-state index is -1.00. The molecule has 0 saturated carbocycles. The first-order valence-corrected chi connectivity index (χ1v) is 7.02. The maximum atomic E-state index is 13.6. The summed E-state index contributed by atoms with van der Waals surface area (Å²) in [4.78, 5) is 24.3. The second kappa shape index (κ2) is 5.92. The lowest BCUT2D eigenvalue weighted by Gasteiger charge is -2.15. The minimum Gasteiger partial charge on any atom is -0.340 e. The number of aromatic nitrogens is 3.